The highest BCUT2D eigenvalue weighted by Crippen LogP contribution is 2.15. The van der Waals surface area contributed by atoms with Gasteiger partial charge in [0.05, 0.1) is 6.21 Å². The van der Waals surface area contributed by atoms with Gasteiger partial charge in [0.25, 0.3) is 5.91 Å². The predicted octanol–water partition coefficient (Wildman–Crippen LogP) is 3.55. The van der Waals surface area contributed by atoms with E-state index in [1.165, 1.54) is 18.3 Å². The Bertz CT molecular complexity index is 697. The van der Waals surface area contributed by atoms with Crippen molar-refractivity contribution in [3.8, 4) is 5.75 Å². The van der Waals surface area contributed by atoms with E-state index in [0.717, 1.165) is 10.6 Å². The minimum absolute atomic E-state index is 0.0609. The number of hydrogen-bond acceptors (Lipinski definition) is 5. The summed E-state index contributed by atoms with van der Waals surface area (Å²) in [7, 11) is 0. The number of oxime groups is 1. The summed E-state index contributed by atoms with van der Waals surface area (Å²) in [5.74, 6) is 0.550. The Kier molecular flexibility index (Phi) is 8.41. The summed E-state index contributed by atoms with van der Waals surface area (Å²) < 4.78 is 28.3. The van der Waals surface area contributed by atoms with Crippen LogP contribution in [-0.4, -0.2) is 37.6 Å². The fourth-order valence-electron chi connectivity index (χ4n) is 1.86. The number of hydrogen-bond donors (Lipinski definition) is 1. The molecule has 0 spiro atoms. The van der Waals surface area contributed by atoms with E-state index in [0.29, 0.717) is 12.1 Å². The second-order valence-electron chi connectivity index (χ2n) is 4.97. The lowest BCUT2D eigenvalue weighted by Gasteiger charge is -2.05. The molecular weight excluding hydrogens is 362 g/mol. The summed E-state index contributed by atoms with van der Waals surface area (Å²) in [5.41, 5.74) is 0.631. The molecule has 8 heteroatoms. The Labute approximate surface area is 154 Å². The Morgan fingerprint density at radius 1 is 1.15 bits per heavy atom. The zero-order valence-electron chi connectivity index (χ0n) is 13.8. The van der Waals surface area contributed by atoms with E-state index in [9.17, 15) is 13.6 Å². The molecule has 0 aliphatic heterocycles. The third-order valence-corrected chi connectivity index (χ3v) is 4.03. The molecule has 0 heterocycles. The Morgan fingerprint density at radius 2 is 1.88 bits per heavy atom. The third kappa shape index (κ3) is 7.98. The van der Waals surface area contributed by atoms with E-state index >= 15 is 0 Å². The van der Waals surface area contributed by atoms with Gasteiger partial charge in [-0.2, -0.15) is 8.78 Å². The first-order valence-electron chi connectivity index (χ1n) is 7.78. The molecule has 1 amide bonds. The normalized spacial score (nSPS) is 10.9. The Hall–Kier alpha value is -2.61. The Balaban J connectivity index is 1.59. The number of nitrogens with one attached hydrogen (secondary N) is 1. The second-order valence-corrected chi connectivity index (χ2v) is 6.14. The van der Waals surface area contributed by atoms with Crippen LogP contribution in [0, 0.1) is 0 Å². The molecule has 2 aromatic carbocycles. The average Bonchev–Trinajstić information content (AvgIpc) is 2.64. The van der Waals surface area contributed by atoms with E-state index in [2.05, 4.69) is 15.2 Å². The fraction of sp³-hybridized carbons (Fsp3) is 0.222. The van der Waals surface area contributed by atoms with E-state index in [-0.39, 0.29) is 18.3 Å². The van der Waals surface area contributed by atoms with E-state index in [4.69, 9.17) is 4.84 Å². The number of amides is 1. The van der Waals surface area contributed by atoms with Crippen LogP contribution >= 0.6 is 11.8 Å². The quantitative estimate of drug-likeness (QED) is 0.296. The monoisotopic (exact) mass is 380 g/mol. The molecule has 0 aromatic heterocycles. The summed E-state index contributed by atoms with van der Waals surface area (Å²) in [4.78, 5) is 17.7. The molecular formula is C18H18F2N2O3S. The van der Waals surface area contributed by atoms with Crippen molar-refractivity contribution in [3.63, 3.8) is 0 Å². The number of rotatable bonds is 10. The number of ether oxygens (including phenoxy) is 1. The Morgan fingerprint density at radius 3 is 2.58 bits per heavy atom. The molecule has 2 aromatic rings. The lowest BCUT2D eigenvalue weighted by atomic mass is 10.2. The lowest BCUT2D eigenvalue weighted by molar-refractivity contribution is -0.125. The molecule has 26 heavy (non-hydrogen) atoms. The smallest absolute Gasteiger partial charge is 0.387 e. The number of benzene rings is 2. The molecule has 1 N–H and O–H groups in total. The van der Waals surface area contributed by atoms with Crippen LogP contribution in [0.15, 0.2) is 64.6 Å². The van der Waals surface area contributed by atoms with Crippen LogP contribution in [0.1, 0.15) is 5.56 Å². The van der Waals surface area contributed by atoms with Gasteiger partial charge in [-0.3, -0.25) is 4.79 Å². The van der Waals surface area contributed by atoms with Gasteiger partial charge in [0.15, 0.2) is 6.61 Å². The van der Waals surface area contributed by atoms with Crippen LogP contribution in [0.2, 0.25) is 0 Å². The minimum Gasteiger partial charge on any atom is -0.435 e. The van der Waals surface area contributed by atoms with E-state index < -0.39 is 6.61 Å². The highest BCUT2D eigenvalue weighted by Gasteiger charge is 2.03. The first-order valence-corrected chi connectivity index (χ1v) is 8.77. The van der Waals surface area contributed by atoms with Crippen molar-refractivity contribution in [1.29, 1.82) is 0 Å². The predicted molar refractivity (Wildman–Crippen MR) is 96.8 cm³/mol. The van der Waals surface area contributed by atoms with Crippen molar-refractivity contribution in [3.05, 3.63) is 60.2 Å². The summed E-state index contributed by atoms with van der Waals surface area (Å²) in [6.07, 6.45) is 1.38. The van der Waals surface area contributed by atoms with Gasteiger partial charge in [-0.25, -0.2) is 0 Å². The van der Waals surface area contributed by atoms with Crippen LogP contribution < -0.4 is 10.1 Å². The summed E-state index contributed by atoms with van der Waals surface area (Å²) >= 11 is 1.65. The number of alkyl halides is 2. The van der Waals surface area contributed by atoms with E-state index in [1.54, 1.807) is 23.9 Å². The van der Waals surface area contributed by atoms with Crippen molar-refractivity contribution in [2.75, 3.05) is 18.9 Å². The molecule has 0 fully saturated rings. The number of carbonyl (C=O) groups is 1. The molecule has 0 saturated heterocycles. The van der Waals surface area contributed by atoms with Crippen LogP contribution in [0.25, 0.3) is 0 Å². The van der Waals surface area contributed by atoms with Crippen LogP contribution in [0.5, 0.6) is 5.75 Å². The van der Waals surface area contributed by atoms with Gasteiger partial charge in [-0.1, -0.05) is 23.4 Å². The highest BCUT2D eigenvalue weighted by molar-refractivity contribution is 7.99. The van der Waals surface area contributed by atoms with Gasteiger partial charge in [0.1, 0.15) is 5.75 Å². The van der Waals surface area contributed by atoms with Gasteiger partial charge in [0, 0.05) is 17.2 Å². The minimum atomic E-state index is -2.86. The molecule has 0 saturated carbocycles. The second kappa shape index (κ2) is 11.1. The number of nitrogens with zero attached hydrogens (tertiary/aromatic N) is 1. The maximum Gasteiger partial charge on any atom is 0.387 e. The third-order valence-electron chi connectivity index (χ3n) is 3.01. The molecule has 0 bridgehead atoms. The standard InChI is InChI=1S/C18H18F2N2O3S/c19-18(20)25-15-8-6-14(7-9-15)12-22-24-13-17(23)21-10-11-26-16-4-2-1-3-5-16/h1-9,12,18H,10-11,13H2,(H,21,23)/b22-12+. The van der Waals surface area contributed by atoms with Gasteiger partial charge in [-0.15, -0.1) is 11.8 Å². The molecule has 0 aliphatic carbocycles. The maximum atomic E-state index is 12.0. The number of thioether (sulfide) groups is 1. The van der Waals surface area contributed by atoms with Crippen molar-refractivity contribution in [2.24, 2.45) is 5.16 Å². The molecule has 5 nitrogen and oxygen atoms in total. The number of halogens is 2. The van der Waals surface area contributed by atoms with Crippen molar-refractivity contribution < 1.29 is 23.1 Å². The lowest BCUT2D eigenvalue weighted by Crippen LogP contribution is -2.28. The molecule has 0 unspecified atom stereocenters. The summed E-state index contributed by atoms with van der Waals surface area (Å²) in [5, 5.41) is 6.40. The van der Waals surface area contributed by atoms with Crippen molar-refractivity contribution in [1.82, 2.24) is 5.32 Å². The molecule has 0 radical (unpaired) electrons. The average molecular weight is 380 g/mol. The van der Waals surface area contributed by atoms with Gasteiger partial charge >= 0.3 is 6.61 Å². The zero-order chi connectivity index (χ0) is 18.6. The van der Waals surface area contributed by atoms with Crippen molar-refractivity contribution >= 4 is 23.9 Å². The van der Waals surface area contributed by atoms with Crippen LogP contribution in [0.4, 0.5) is 8.78 Å². The fourth-order valence-corrected chi connectivity index (χ4v) is 2.65. The van der Waals surface area contributed by atoms with Crippen LogP contribution in [0.3, 0.4) is 0 Å². The zero-order valence-corrected chi connectivity index (χ0v) is 14.6. The molecule has 2 rings (SSSR count). The topological polar surface area (TPSA) is 59.9 Å². The van der Waals surface area contributed by atoms with Gasteiger partial charge < -0.3 is 14.9 Å². The van der Waals surface area contributed by atoms with Crippen LogP contribution in [-0.2, 0) is 9.63 Å². The highest BCUT2D eigenvalue weighted by atomic mass is 32.2. The largest absolute Gasteiger partial charge is 0.435 e. The summed E-state index contributed by atoms with van der Waals surface area (Å²) in [6, 6.07) is 15.8. The molecule has 0 aliphatic rings. The first-order chi connectivity index (χ1) is 12.6. The molecule has 138 valence electrons. The molecule has 0 atom stereocenters. The van der Waals surface area contributed by atoms with Gasteiger partial charge in [0.2, 0.25) is 0 Å². The summed E-state index contributed by atoms with van der Waals surface area (Å²) in [6.45, 7) is -2.53. The maximum absolute atomic E-state index is 12.0. The SMILES string of the molecule is O=C(CO/N=C/c1ccc(OC(F)F)cc1)NCCSc1ccccc1. The van der Waals surface area contributed by atoms with E-state index in [1.807, 2.05) is 30.3 Å². The number of carbonyl (C=O) groups excluding carboxylic acids is 1. The first kappa shape index (κ1) is 19.7. The van der Waals surface area contributed by atoms with Crippen molar-refractivity contribution in [2.45, 2.75) is 11.5 Å². The van der Waals surface area contributed by atoms with Gasteiger partial charge in [-0.05, 0) is 42.0 Å².